The topological polar surface area (TPSA) is 70.5 Å². The number of thioether (sulfide) groups is 1. The van der Waals surface area contributed by atoms with Gasteiger partial charge in [-0.3, -0.25) is 4.79 Å². The molecule has 5 aromatic rings. The minimum Gasteiger partial charge on any atom is -0.328 e. The van der Waals surface area contributed by atoms with Crippen LogP contribution in [-0.2, 0) is 4.79 Å². The van der Waals surface area contributed by atoms with Crippen molar-refractivity contribution in [2.75, 3.05) is 11.1 Å². The van der Waals surface area contributed by atoms with Crippen LogP contribution < -0.4 is 5.32 Å². The predicted octanol–water partition coefficient (Wildman–Crippen LogP) is 7.04. The van der Waals surface area contributed by atoms with Crippen LogP contribution in [0.3, 0.4) is 0 Å². The van der Waals surface area contributed by atoms with Crippen LogP contribution in [0.2, 0.25) is 0 Å². The van der Waals surface area contributed by atoms with Crippen molar-refractivity contribution in [3.8, 4) is 0 Å². The summed E-state index contributed by atoms with van der Waals surface area (Å²) in [7, 11) is 0. The summed E-state index contributed by atoms with van der Waals surface area (Å²) in [5.41, 5.74) is 3.27. The number of para-hydroxylation sites is 1. The second kappa shape index (κ2) is 10.7. The van der Waals surface area contributed by atoms with Crippen molar-refractivity contribution < 1.29 is 9.18 Å². The number of aromatic nitrogens is 2. The Labute approximate surface area is 227 Å². The van der Waals surface area contributed by atoms with Gasteiger partial charge in [0.15, 0.2) is 4.34 Å². The number of anilines is 2. The van der Waals surface area contributed by atoms with Gasteiger partial charge in [-0.15, -0.1) is 10.2 Å². The summed E-state index contributed by atoms with van der Waals surface area (Å²) in [6, 6.07) is 30.7. The van der Waals surface area contributed by atoms with Crippen LogP contribution in [0, 0.1) is 5.82 Å². The van der Waals surface area contributed by atoms with E-state index in [-0.39, 0.29) is 23.5 Å². The van der Waals surface area contributed by atoms with E-state index in [4.69, 9.17) is 5.10 Å². The van der Waals surface area contributed by atoms with Crippen molar-refractivity contribution in [2.45, 2.75) is 16.8 Å². The van der Waals surface area contributed by atoms with Gasteiger partial charge in [0.25, 0.3) is 5.91 Å². The molecule has 1 aromatic heterocycles. The number of hydrazone groups is 1. The van der Waals surface area contributed by atoms with Crippen LogP contribution in [0.15, 0.2) is 107 Å². The van der Waals surface area contributed by atoms with Crippen LogP contribution in [0.5, 0.6) is 0 Å². The highest BCUT2D eigenvalue weighted by molar-refractivity contribution is 8.01. The molecule has 4 aromatic carbocycles. The number of hydrogen-bond acceptors (Lipinski definition) is 7. The third-order valence-electron chi connectivity index (χ3n) is 6.27. The molecule has 188 valence electrons. The van der Waals surface area contributed by atoms with Crippen molar-refractivity contribution in [1.82, 2.24) is 15.2 Å². The number of nitrogens with one attached hydrogen (secondary N) is 1. The Morgan fingerprint density at radius 2 is 1.71 bits per heavy atom. The van der Waals surface area contributed by atoms with Gasteiger partial charge in [-0.2, -0.15) is 5.10 Å². The maximum Gasteiger partial charge on any atom is 0.253 e. The Kier molecular flexibility index (Phi) is 6.85. The van der Waals surface area contributed by atoms with Crippen molar-refractivity contribution in [3.05, 3.63) is 114 Å². The van der Waals surface area contributed by atoms with Crippen molar-refractivity contribution in [3.63, 3.8) is 0 Å². The molecule has 2 heterocycles. The minimum absolute atomic E-state index is 0.113. The molecule has 6 rings (SSSR count). The highest BCUT2D eigenvalue weighted by Gasteiger charge is 2.33. The minimum atomic E-state index is -0.367. The van der Waals surface area contributed by atoms with E-state index in [1.807, 2.05) is 42.5 Å². The van der Waals surface area contributed by atoms with Gasteiger partial charge in [-0.1, -0.05) is 102 Å². The fraction of sp³-hybridized carbons (Fsp3) is 0.103. The molecule has 0 saturated carbocycles. The lowest BCUT2D eigenvalue weighted by molar-refractivity contribution is -0.130. The average Bonchev–Trinajstić information content (AvgIpc) is 3.61. The third kappa shape index (κ3) is 5.16. The van der Waals surface area contributed by atoms with Gasteiger partial charge in [-0.25, -0.2) is 9.40 Å². The molecular formula is C29H22FN5OS2. The van der Waals surface area contributed by atoms with Crippen molar-refractivity contribution >= 4 is 56.3 Å². The molecule has 0 fully saturated rings. The zero-order valence-electron chi connectivity index (χ0n) is 20.1. The lowest BCUT2D eigenvalue weighted by Crippen LogP contribution is -2.28. The van der Waals surface area contributed by atoms with Crippen LogP contribution in [-0.4, -0.2) is 32.6 Å². The number of nitrogens with zero attached hydrogens (tertiary/aromatic N) is 4. The van der Waals surface area contributed by atoms with Gasteiger partial charge in [0.05, 0.1) is 23.2 Å². The largest absolute Gasteiger partial charge is 0.328 e. The Hall–Kier alpha value is -4.08. The maximum absolute atomic E-state index is 13.9. The number of rotatable bonds is 7. The monoisotopic (exact) mass is 539 g/mol. The number of carbonyl (C=O) groups is 1. The van der Waals surface area contributed by atoms with Crippen LogP contribution in [0.4, 0.5) is 15.2 Å². The quantitative estimate of drug-likeness (QED) is 0.225. The van der Waals surface area contributed by atoms with Crippen LogP contribution in [0.25, 0.3) is 10.8 Å². The summed E-state index contributed by atoms with van der Waals surface area (Å²) in [6.07, 6.45) is 0.633. The van der Waals surface area contributed by atoms with E-state index >= 15 is 0 Å². The Morgan fingerprint density at radius 1 is 0.947 bits per heavy atom. The first-order valence-electron chi connectivity index (χ1n) is 12.1. The van der Waals surface area contributed by atoms with E-state index in [0.717, 1.165) is 22.2 Å². The van der Waals surface area contributed by atoms with Gasteiger partial charge >= 0.3 is 0 Å². The molecule has 0 radical (unpaired) electrons. The first-order valence-corrected chi connectivity index (χ1v) is 13.9. The fourth-order valence-electron chi connectivity index (χ4n) is 4.40. The van der Waals surface area contributed by atoms with Crippen LogP contribution in [0.1, 0.15) is 23.6 Å². The number of fused-ring (bicyclic) bond motifs is 1. The predicted molar refractivity (Wildman–Crippen MR) is 151 cm³/mol. The molecule has 0 spiro atoms. The summed E-state index contributed by atoms with van der Waals surface area (Å²) < 4.78 is 14.6. The Bertz CT molecular complexity index is 1640. The molecule has 1 amide bonds. The normalized spacial score (nSPS) is 15.0. The zero-order valence-corrected chi connectivity index (χ0v) is 21.8. The molecular weight excluding hydrogens is 517 g/mol. The summed E-state index contributed by atoms with van der Waals surface area (Å²) >= 11 is 2.57. The summed E-state index contributed by atoms with van der Waals surface area (Å²) in [5.74, 6) is -0.321. The SMILES string of the molecule is O=C(CSc1nnc(Nc2ccccc2F)s1)N1N=C(c2ccc3ccccc3c2)C[C@H]1c1ccccc1. The number of carbonyl (C=O) groups excluding carboxylic acids is 1. The molecule has 1 aliphatic heterocycles. The number of halogens is 1. The first-order chi connectivity index (χ1) is 18.6. The number of benzene rings is 4. The molecule has 6 nitrogen and oxygen atoms in total. The average molecular weight is 540 g/mol. The molecule has 1 aliphatic rings. The highest BCUT2D eigenvalue weighted by atomic mass is 32.2. The summed E-state index contributed by atoms with van der Waals surface area (Å²) in [5, 5.41) is 20.4. The Morgan fingerprint density at radius 3 is 2.55 bits per heavy atom. The molecule has 38 heavy (non-hydrogen) atoms. The first kappa shape index (κ1) is 24.3. The second-order valence-corrected chi connectivity index (χ2v) is 10.9. The van der Waals surface area contributed by atoms with Gasteiger partial charge < -0.3 is 5.32 Å². The molecule has 1 N–H and O–H groups in total. The molecule has 0 saturated heterocycles. The molecule has 9 heteroatoms. The van der Waals surface area contributed by atoms with Crippen molar-refractivity contribution in [1.29, 1.82) is 0 Å². The van der Waals surface area contributed by atoms with E-state index in [1.165, 1.54) is 34.6 Å². The summed E-state index contributed by atoms with van der Waals surface area (Å²) in [4.78, 5) is 13.4. The van der Waals surface area contributed by atoms with Gasteiger partial charge in [0.1, 0.15) is 5.82 Å². The lowest BCUT2D eigenvalue weighted by Gasteiger charge is -2.21. The Balaban J connectivity index is 1.20. The van der Waals surface area contributed by atoms with E-state index in [9.17, 15) is 9.18 Å². The molecule has 0 aliphatic carbocycles. The molecule has 0 bridgehead atoms. The summed E-state index contributed by atoms with van der Waals surface area (Å²) in [6.45, 7) is 0. The second-order valence-electron chi connectivity index (χ2n) is 8.74. The maximum atomic E-state index is 13.9. The van der Waals surface area contributed by atoms with Gasteiger partial charge in [0.2, 0.25) is 5.13 Å². The standard InChI is InChI=1S/C29H22FN5OS2/c30-23-12-6-7-13-24(23)31-28-32-33-29(38-28)37-18-27(36)35-26(20-9-2-1-3-10-20)17-25(34-35)22-15-14-19-8-4-5-11-21(19)16-22/h1-16,26H,17-18H2,(H,31,32)/t26-/m0/s1. The number of amides is 1. The van der Waals surface area contributed by atoms with E-state index in [0.29, 0.717) is 21.6 Å². The smallest absolute Gasteiger partial charge is 0.253 e. The van der Waals surface area contributed by atoms with Crippen molar-refractivity contribution in [2.24, 2.45) is 5.10 Å². The lowest BCUT2D eigenvalue weighted by atomic mass is 9.97. The third-order valence-corrected chi connectivity index (χ3v) is 8.23. The highest BCUT2D eigenvalue weighted by Crippen LogP contribution is 2.35. The fourth-order valence-corrected chi connectivity index (χ4v) is 6.02. The van der Waals surface area contributed by atoms with E-state index < -0.39 is 0 Å². The molecule has 1 atom stereocenters. The van der Waals surface area contributed by atoms with E-state index in [1.54, 1.807) is 23.2 Å². The van der Waals surface area contributed by atoms with Gasteiger partial charge in [0, 0.05) is 6.42 Å². The van der Waals surface area contributed by atoms with E-state index in [2.05, 4.69) is 45.8 Å². The number of hydrogen-bond donors (Lipinski definition) is 1. The zero-order chi connectivity index (χ0) is 25.9. The molecule has 0 unspecified atom stereocenters. The van der Waals surface area contributed by atoms with Gasteiger partial charge in [-0.05, 0) is 40.1 Å². The van der Waals surface area contributed by atoms with Crippen LogP contribution >= 0.6 is 23.1 Å².